The SMILES string of the molecule is [CH2-][P+]1(B(N(C)C)[P+]2([CH2-])[C@H](C)CC[C@H]2C)[C@H](C)CC[C@H]1C. The highest BCUT2D eigenvalue weighted by Gasteiger charge is 2.67. The Labute approximate surface area is 129 Å². The van der Waals surface area contributed by atoms with E-state index in [9.17, 15) is 0 Å². The largest absolute Gasteiger partial charge is 0.554 e. The molecule has 0 aromatic rings. The summed E-state index contributed by atoms with van der Waals surface area (Å²) in [5.74, 6) is 0. The standard InChI is InChI=1S/C16H34BNP2/c1-13-9-10-14(2)19(13,7)17(18(5)6)20(8)15(3)11-12-16(20)4/h13-16H,7-12H2,1-6H3/t13-,14-,15-,16-/m1/s1. The lowest BCUT2D eigenvalue weighted by molar-refractivity contribution is 0.665. The van der Waals surface area contributed by atoms with E-state index >= 15 is 0 Å². The van der Waals surface area contributed by atoms with Crippen LogP contribution in [0.1, 0.15) is 53.4 Å². The minimum absolute atomic E-state index is 0.704. The lowest BCUT2D eigenvalue weighted by Crippen LogP contribution is -2.43. The molecular weight excluding hydrogens is 279 g/mol. The van der Waals surface area contributed by atoms with Crippen LogP contribution in [0.4, 0.5) is 0 Å². The van der Waals surface area contributed by atoms with Crippen LogP contribution in [0.15, 0.2) is 0 Å². The third-order valence-electron chi connectivity index (χ3n) is 6.61. The number of nitrogens with zero attached hydrogens (tertiary/aromatic N) is 1. The van der Waals surface area contributed by atoms with E-state index in [1.165, 1.54) is 25.7 Å². The fourth-order valence-corrected chi connectivity index (χ4v) is 18.7. The van der Waals surface area contributed by atoms with Crippen molar-refractivity contribution in [2.75, 3.05) is 14.1 Å². The topological polar surface area (TPSA) is 3.24 Å². The molecule has 2 fully saturated rings. The Kier molecular flexibility index (Phi) is 5.02. The summed E-state index contributed by atoms with van der Waals surface area (Å²) in [6.45, 7) is 19.9. The van der Waals surface area contributed by atoms with Crippen molar-refractivity contribution in [1.82, 2.24) is 4.81 Å². The smallest absolute Gasteiger partial charge is 0.276 e. The van der Waals surface area contributed by atoms with Crippen LogP contribution in [0.5, 0.6) is 0 Å². The molecule has 0 N–H and O–H groups in total. The van der Waals surface area contributed by atoms with Gasteiger partial charge in [-0.1, -0.05) is 0 Å². The fraction of sp³-hybridized carbons (Fsp3) is 0.875. The predicted molar refractivity (Wildman–Crippen MR) is 100 cm³/mol. The van der Waals surface area contributed by atoms with Crippen molar-refractivity contribution in [1.29, 1.82) is 0 Å². The van der Waals surface area contributed by atoms with Crippen molar-refractivity contribution in [3.63, 3.8) is 0 Å². The molecule has 1 nitrogen and oxygen atoms in total. The summed E-state index contributed by atoms with van der Waals surface area (Å²) in [6, 6.07) is 0. The van der Waals surface area contributed by atoms with Crippen molar-refractivity contribution in [2.45, 2.75) is 76.0 Å². The highest BCUT2D eigenvalue weighted by molar-refractivity contribution is 8.33. The van der Waals surface area contributed by atoms with Crippen LogP contribution in [0, 0.1) is 13.3 Å². The molecule has 0 radical (unpaired) electrons. The first-order chi connectivity index (χ1) is 9.16. The monoisotopic (exact) mass is 313 g/mol. The molecule has 0 aromatic heterocycles. The Morgan fingerprint density at radius 1 is 0.750 bits per heavy atom. The van der Waals surface area contributed by atoms with Crippen LogP contribution < -0.4 is 0 Å². The van der Waals surface area contributed by atoms with Crippen molar-refractivity contribution in [3.05, 3.63) is 13.3 Å². The summed E-state index contributed by atoms with van der Waals surface area (Å²) >= 11 is 0. The number of hydrogen-bond acceptors (Lipinski definition) is 1. The second kappa shape index (κ2) is 5.83. The van der Waals surface area contributed by atoms with E-state index < -0.39 is 14.3 Å². The Morgan fingerprint density at radius 3 is 1.20 bits per heavy atom. The zero-order chi connectivity index (χ0) is 15.3. The van der Waals surface area contributed by atoms with Gasteiger partial charge in [0.1, 0.15) is 0 Å². The molecule has 2 aliphatic heterocycles. The number of rotatable bonds is 3. The minimum Gasteiger partial charge on any atom is -0.276 e. The molecule has 0 saturated carbocycles. The van der Waals surface area contributed by atoms with Crippen LogP contribution in [-0.2, 0) is 0 Å². The molecule has 20 heavy (non-hydrogen) atoms. The maximum absolute atomic E-state index is 4.97. The van der Waals surface area contributed by atoms with Crippen molar-refractivity contribution < 1.29 is 0 Å². The molecule has 2 aliphatic rings. The predicted octanol–water partition coefficient (Wildman–Crippen LogP) is 5.29. The van der Waals surface area contributed by atoms with Gasteiger partial charge in [-0.2, -0.15) is 13.3 Å². The Balaban J connectivity index is 2.47. The van der Waals surface area contributed by atoms with Crippen molar-refractivity contribution in [3.8, 4) is 0 Å². The molecule has 2 saturated heterocycles. The molecule has 4 atom stereocenters. The van der Waals surface area contributed by atoms with E-state index in [4.69, 9.17) is 13.3 Å². The third-order valence-corrected chi connectivity index (χ3v) is 19.4. The molecule has 0 spiro atoms. The highest BCUT2D eigenvalue weighted by atomic mass is 31.2. The van der Waals surface area contributed by atoms with Crippen LogP contribution in [0.25, 0.3) is 0 Å². The zero-order valence-electron chi connectivity index (χ0n) is 14.5. The maximum Gasteiger partial charge on any atom is 0.554 e. The van der Waals surface area contributed by atoms with Crippen LogP contribution in [0.3, 0.4) is 0 Å². The van der Waals surface area contributed by atoms with Gasteiger partial charge < -0.3 is 0 Å². The quantitative estimate of drug-likeness (QED) is 0.388. The molecule has 2 rings (SSSR count). The highest BCUT2D eigenvalue weighted by Crippen LogP contribution is 2.88. The van der Waals surface area contributed by atoms with Gasteiger partial charge >= 0.3 is 6.29 Å². The Bertz CT molecular complexity index is 310. The molecule has 0 amide bonds. The Hall–Kier alpha value is 0.885. The summed E-state index contributed by atoms with van der Waals surface area (Å²) < 4.78 is 0. The Morgan fingerprint density at radius 2 is 1.00 bits per heavy atom. The summed E-state index contributed by atoms with van der Waals surface area (Å²) in [5, 5.41) is 0. The summed E-state index contributed by atoms with van der Waals surface area (Å²) in [4.78, 5) is 2.55. The van der Waals surface area contributed by atoms with Crippen LogP contribution in [-0.4, -0.2) is 47.8 Å². The first-order valence-electron chi connectivity index (χ1n) is 8.28. The third kappa shape index (κ3) is 2.33. The van der Waals surface area contributed by atoms with Gasteiger partial charge in [0.15, 0.2) is 0 Å². The lowest BCUT2D eigenvalue weighted by atomic mass is 10.2. The van der Waals surface area contributed by atoms with E-state index in [2.05, 4.69) is 46.6 Å². The molecule has 0 bridgehead atoms. The molecule has 0 unspecified atom stereocenters. The summed E-state index contributed by atoms with van der Waals surface area (Å²) in [7, 11) is 2.22. The molecule has 116 valence electrons. The molecule has 2 heterocycles. The average Bonchev–Trinajstić information content (AvgIpc) is 2.76. The van der Waals surface area contributed by atoms with E-state index in [-0.39, 0.29) is 0 Å². The second-order valence-electron chi connectivity index (χ2n) is 7.85. The maximum atomic E-state index is 4.97. The minimum atomic E-state index is -1.19. The van der Waals surface area contributed by atoms with Crippen LogP contribution >= 0.6 is 14.3 Å². The van der Waals surface area contributed by atoms with Gasteiger partial charge in [-0.15, -0.1) is 14.3 Å². The summed E-state index contributed by atoms with van der Waals surface area (Å²) in [6.07, 6.45) is 6.28. The van der Waals surface area contributed by atoms with Gasteiger partial charge in [-0.25, -0.2) is 0 Å². The molecule has 0 aliphatic carbocycles. The summed E-state index contributed by atoms with van der Waals surface area (Å²) in [5.41, 5.74) is 3.35. The number of hydrogen-bond donors (Lipinski definition) is 0. The fourth-order valence-electron chi connectivity index (χ4n) is 4.97. The first kappa shape index (κ1) is 17.2. The van der Waals surface area contributed by atoms with Gasteiger partial charge in [0.05, 0.1) is 0 Å². The zero-order valence-corrected chi connectivity index (χ0v) is 16.3. The van der Waals surface area contributed by atoms with Crippen molar-refractivity contribution in [2.24, 2.45) is 0 Å². The van der Waals surface area contributed by atoms with E-state index in [1.54, 1.807) is 0 Å². The normalized spacial score (nSPS) is 39.5. The molecule has 0 aromatic carbocycles. The van der Waals surface area contributed by atoms with Gasteiger partial charge in [-0.3, -0.25) is 4.81 Å². The first-order valence-corrected chi connectivity index (χ1v) is 12.6. The van der Waals surface area contributed by atoms with Crippen molar-refractivity contribution >= 4 is 20.6 Å². The molecule has 4 heteroatoms. The second-order valence-corrected chi connectivity index (χ2v) is 16.7. The van der Waals surface area contributed by atoms with Gasteiger partial charge in [0, 0.05) is 22.6 Å². The van der Waals surface area contributed by atoms with Gasteiger partial charge in [0.25, 0.3) is 0 Å². The average molecular weight is 313 g/mol. The van der Waals surface area contributed by atoms with Gasteiger partial charge in [-0.05, 0) is 67.5 Å². The van der Waals surface area contributed by atoms with Gasteiger partial charge in [0.2, 0.25) is 0 Å². The van der Waals surface area contributed by atoms with E-state index in [0.717, 1.165) is 22.6 Å². The lowest BCUT2D eigenvalue weighted by Gasteiger charge is -2.49. The van der Waals surface area contributed by atoms with Crippen LogP contribution in [0.2, 0.25) is 0 Å². The molecular formula is C16H34BNP2. The van der Waals surface area contributed by atoms with E-state index in [1.807, 2.05) is 0 Å². The van der Waals surface area contributed by atoms with E-state index in [0.29, 0.717) is 6.29 Å².